The highest BCUT2D eigenvalue weighted by molar-refractivity contribution is 8.00. The van der Waals surface area contributed by atoms with Gasteiger partial charge in [0.15, 0.2) is 0 Å². The molecular formula is C18H26N2O2S. The van der Waals surface area contributed by atoms with Crippen molar-refractivity contribution in [2.75, 3.05) is 31.9 Å². The quantitative estimate of drug-likeness (QED) is 0.798. The van der Waals surface area contributed by atoms with Crippen LogP contribution in [0.5, 0.6) is 0 Å². The Kier molecular flexibility index (Phi) is 5.74. The normalized spacial score (nSPS) is 15.7. The monoisotopic (exact) mass is 334 g/mol. The van der Waals surface area contributed by atoms with Gasteiger partial charge in [-0.2, -0.15) is 0 Å². The second-order valence-electron chi connectivity index (χ2n) is 7.02. The van der Waals surface area contributed by atoms with E-state index in [0.29, 0.717) is 31.9 Å². The minimum atomic E-state index is -0.354. The van der Waals surface area contributed by atoms with Crippen LogP contribution >= 0.6 is 11.8 Å². The van der Waals surface area contributed by atoms with Crippen LogP contribution in [-0.2, 0) is 9.59 Å². The minimum Gasteiger partial charge on any atom is -0.339 e. The summed E-state index contributed by atoms with van der Waals surface area (Å²) >= 11 is 1.57. The standard InChI is InChI=1S/C18H26N2O2S/c1-14-5-7-15(8-6-14)23-13-16(21)19-9-11-20(12-10-19)17(22)18(2,3)4/h5-8H,9-13H2,1-4H3. The number of thioether (sulfide) groups is 1. The average Bonchev–Trinajstić information content (AvgIpc) is 2.52. The highest BCUT2D eigenvalue weighted by Crippen LogP contribution is 2.21. The molecule has 0 unspecified atom stereocenters. The summed E-state index contributed by atoms with van der Waals surface area (Å²) in [7, 11) is 0. The zero-order valence-corrected chi connectivity index (χ0v) is 15.3. The van der Waals surface area contributed by atoms with E-state index in [1.807, 2.05) is 42.7 Å². The predicted molar refractivity (Wildman–Crippen MR) is 94.5 cm³/mol. The Labute approximate surface area is 143 Å². The van der Waals surface area contributed by atoms with Crippen LogP contribution in [-0.4, -0.2) is 53.5 Å². The van der Waals surface area contributed by atoms with Crippen LogP contribution in [0.25, 0.3) is 0 Å². The van der Waals surface area contributed by atoms with E-state index < -0.39 is 0 Å². The molecule has 1 aliphatic rings. The van der Waals surface area contributed by atoms with Crippen LogP contribution in [0.1, 0.15) is 26.3 Å². The molecule has 2 rings (SSSR count). The fourth-order valence-electron chi connectivity index (χ4n) is 2.50. The van der Waals surface area contributed by atoms with Gasteiger partial charge in [0.2, 0.25) is 11.8 Å². The van der Waals surface area contributed by atoms with Crippen molar-refractivity contribution in [3.63, 3.8) is 0 Å². The summed E-state index contributed by atoms with van der Waals surface area (Å²) in [5.41, 5.74) is 0.869. The molecule has 5 heteroatoms. The molecule has 1 fully saturated rings. The van der Waals surface area contributed by atoms with Gasteiger partial charge < -0.3 is 9.80 Å². The number of carbonyl (C=O) groups is 2. The number of rotatable bonds is 3. The first kappa shape index (κ1) is 17.9. The number of hydrogen-bond acceptors (Lipinski definition) is 3. The third-order valence-corrected chi connectivity index (χ3v) is 4.94. The van der Waals surface area contributed by atoms with E-state index in [1.54, 1.807) is 11.8 Å². The number of nitrogens with zero attached hydrogens (tertiary/aromatic N) is 2. The molecule has 0 aromatic heterocycles. The maximum absolute atomic E-state index is 12.3. The van der Waals surface area contributed by atoms with Crippen molar-refractivity contribution in [2.24, 2.45) is 5.41 Å². The van der Waals surface area contributed by atoms with Gasteiger partial charge in [0, 0.05) is 36.5 Å². The summed E-state index contributed by atoms with van der Waals surface area (Å²) in [4.78, 5) is 29.4. The highest BCUT2D eigenvalue weighted by atomic mass is 32.2. The van der Waals surface area contributed by atoms with Gasteiger partial charge >= 0.3 is 0 Å². The van der Waals surface area contributed by atoms with Crippen molar-refractivity contribution >= 4 is 23.6 Å². The van der Waals surface area contributed by atoms with Crippen molar-refractivity contribution in [1.82, 2.24) is 9.80 Å². The summed E-state index contributed by atoms with van der Waals surface area (Å²) in [6.45, 7) is 10.4. The third kappa shape index (κ3) is 4.99. The fourth-order valence-corrected chi connectivity index (χ4v) is 3.31. The van der Waals surface area contributed by atoms with E-state index in [9.17, 15) is 9.59 Å². The van der Waals surface area contributed by atoms with Gasteiger partial charge in [-0.25, -0.2) is 0 Å². The van der Waals surface area contributed by atoms with Crippen LogP contribution in [0.2, 0.25) is 0 Å². The molecule has 0 atom stereocenters. The Morgan fingerprint density at radius 1 is 1.00 bits per heavy atom. The van der Waals surface area contributed by atoms with Gasteiger partial charge in [-0.3, -0.25) is 9.59 Å². The Hall–Kier alpha value is -1.49. The summed E-state index contributed by atoms with van der Waals surface area (Å²) in [6.07, 6.45) is 0. The van der Waals surface area contributed by atoms with Crippen LogP contribution < -0.4 is 0 Å². The van der Waals surface area contributed by atoms with E-state index in [4.69, 9.17) is 0 Å². The Bertz CT molecular complexity index is 555. The van der Waals surface area contributed by atoms with Crippen molar-refractivity contribution in [1.29, 1.82) is 0 Å². The Balaban J connectivity index is 1.79. The molecule has 126 valence electrons. The summed E-state index contributed by atoms with van der Waals surface area (Å²) in [6, 6.07) is 8.22. The van der Waals surface area contributed by atoms with Crippen LogP contribution in [0.15, 0.2) is 29.2 Å². The zero-order valence-electron chi connectivity index (χ0n) is 14.5. The molecule has 0 bridgehead atoms. The largest absolute Gasteiger partial charge is 0.339 e. The number of aryl methyl sites for hydroxylation is 1. The fraction of sp³-hybridized carbons (Fsp3) is 0.556. The molecule has 23 heavy (non-hydrogen) atoms. The Morgan fingerprint density at radius 2 is 1.52 bits per heavy atom. The summed E-state index contributed by atoms with van der Waals surface area (Å²) in [5, 5.41) is 0. The van der Waals surface area contributed by atoms with Gasteiger partial charge in [0.25, 0.3) is 0 Å². The second-order valence-corrected chi connectivity index (χ2v) is 8.07. The number of benzene rings is 1. The average molecular weight is 334 g/mol. The molecule has 1 saturated heterocycles. The Morgan fingerprint density at radius 3 is 2.04 bits per heavy atom. The molecule has 0 saturated carbocycles. The number of amides is 2. The van der Waals surface area contributed by atoms with Crippen molar-refractivity contribution < 1.29 is 9.59 Å². The molecule has 1 heterocycles. The first-order valence-corrected chi connectivity index (χ1v) is 9.02. The first-order chi connectivity index (χ1) is 10.8. The second kappa shape index (κ2) is 7.39. The minimum absolute atomic E-state index is 0.151. The van der Waals surface area contributed by atoms with Gasteiger partial charge in [-0.15, -0.1) is 11.8 Å². The molecule has 2 amide bonds. The lowest BCUT2D eigenvalue weighted by Gasteiger charge is -2.37. The van der Waals surface area contributed by atoms with Crippen molar-refractivity contribution in [3.05, 3.63) is 29.8 Å². The molecule has 0 radical (unpaired) electrons. The third-order valence-electron chi connectivity index (χ3n) is 3.94. The van der Waals surface area contributed by atoms with E-state index >= 15 is 0 Å². The molecule has 1 aromatic carbocycles. The molecule has 0 N–H and O–H groups in total. The van der Waals surface area contributed by atoms with Crippen LogP contribution in [0, 0.1) is 12.3 Å². The van der Waals surface area contributed by atoms with E-state index in [-0.39, 0.29) is 17.2 Å². The molecule has 0 aliphatic carbocycles. The molecule has 4 nitrogen and oxygen atoms in total. The lowest BCUT2D eigenvalue weighted by Crippen LogP contribution is -2.53. The van der Waals surface area contributed by atoms with E-state index in [1.165, 1.54) is 5.56 Å². The topological polar surface area (TPSA) is 40.6 Å². The van der Waals surface area contributed by atoms with Crippen LogP contribution in [0.3, 0.4) is 0 Å². The lowest BCUT2D eigenvalue weighted by molar-refractivity contribution is -0.144. The molecule has 1 aliphatic heterocycles. The predicted octanol–water partition coefficient (Wildman–Crippen LogP) is 2.80. The smallest absolute Gasteiger partial charge is 0.233 e. The SMILES string of the molecule is Cc1ccc(SCC(=O)N2CCN(C(=O)C(C)(C)C)CC2)cc1. The van der Waals surface area contributed by atoms with Crippen molar-refractivity contribution in [2.45, 2.75) is 32.6 Å². The molecule has 0 spiro atoms. The van der Waals surface area contributed by atoms with Gasteiger partial charge in [0.05, 0.1) is 5.75 Å². The van der Waals surface area contributed by atoms with Crippen LogP contribution in [0.4, 0.5) is 0 Å². The summed E-state index contributed by atoms with van der Waals surface area (Å²) < 4.78 is 0. The first-order valence-electron chi connectivity index (χ1n) is 8.04. The maximum Gasteiger partial charge on any atom is 0.233 e. The van der Waals surface area contributed by atoms with Gasteiger partial charge in [0.1, 0.15) is 0 Å². The molecule has 1 aromatic rings. The van der Waals surface area contributed by atoms with E-state index in [2.05, 4.69) is 19.1 Å². The maximum atomic E-state index is 12.3. The number of carbonyl (C=O) groups excluding carboxylic acids is 2. The highest BCUT2D eigenvalue weighted by Gasteiger charge is 2.30. The number of hydrogen-bond donors (Lipinski definition) is 0. The number of piperazine rings is 1. The molecular weight excluding hydrogens is 308 g/mol. The van der Waals surface area contributed by atoms with Gasteiger partial charge in [-0.05, 0) is 19.1 Å². The summed E-state index contributed by atoms with van der Waals surface area (Å²) in [5.74, 6) is 0.771. The van der Waals surface area contributed by atoms with E-state index in [0.717, 1.165) is 4.90 Å². The van der Waals surface area contributed by atoms with Gasteiger partial charge in [-0.1, -0.05) is 38.5 Å². The lowest BCUT2D eigenvalue weighted by atomic mass is 9.94. The zero-order chi connectivity index (χ0) is 17.0. The van der Waals surface area contributed by atoms with Crippen molar-refractivity contribution in [3.8, 4) is 0 Å².